The van der Waals surface area contributed by atoms with Crippen LogP contribution < -0.4 is 0 Å². The monoisotopic (exact) mass is 280 g/mol. The van der Waals surface area contributed by atoms with Gasteiger partial charge < -0.3 is 4.74 Å². The minimum Gasteiger partial charge on any atom is -0.462 e. The van der Waals surface area contributed by atoms with E-state index in [4.69, 9.17) is 15.4 Å². The number of carbonyl (C=O) groups is 1. The molecular formula is C9H13ClN2O4S. The number of nitrogens with zero attached hydrogens (tertiary/aromatic N) is 2. The minimum atomic E-state index is -4.03. The predicted octanol–water partition coefficient (Wildman–Crippen LogP) is 1.40. The molecule has 8 heteroatoms. The van der Waals surface area contributed by atoms with Crippen molar-refractivity contribution >= 4 is 25.7 Å². The lowest BCUT2D eigenvalue weighted by Crippen LogP contribution is -2.12. The summed E-state index contributed by atoms with van der Waals surface area (Å²) in [5, 5.41) is 3.52. The molecule has 17 heavy (non-hydrogen) atoms. The van der Waals surface area contributed by atoms with Crippen molar-refractivity contribution in [2.45, 2.75) is 31.8 Å². The van der Waals surface area contributed by atoms with E-state index in [1.54, 1.807) is 6.92 Å². The third-order valence-electron chi connectivity index (χ3n) is 1.95. The third kappa shape index (κ3) is 3.19. The Morgan fingerprint density at radius 2 is 2.18 bits per heavy atom. The molecule has 0 aliphatic heterocycles. The molecule has 0 fully saturated rings. The first-order chi connectivity index (χ1) is 7.91. The van der Waals surface area contributed by atoms with Gasteiger partial charge in [-0.05, 0) is 13.3 Å². The smallest absolute Gasteiger partial charge is 0.342 e. The number of carbonyl (C=O) groups excluding carboxylic acids is 1. The summed E-state index contributed by atoms with van der Waals surface area (Å²) in [6.45, 7) is 4.00. The Balaban J connectivity index is 3.28. The Labute approximate surface area is 104 Å². The lowest BCUT2D eigenvalue weighted by Gasteiger charge is -2.05. The number of ether oxygens (including phenoxy) is 1. The Morgan fingerprint density at radius 1 is 1.53 bits per heavy atom. The van der Waals surface area contributed by atoms with Crippen molar-refractivity contribution in [3.63, 3.8) is 0 Å². The van der Waals surface area contributed by atoms with E-state index >= 15 is 0 Å². The van der Waals surface area contributed by atoms with Crippen LogP contribution in [-0.2, 0) is 20.3 Å². The van der Waals surface area contributed by atoms with Gasteiger partial charge in [0, 0.05) is 17.2 Å². The predicted molar refractivity (Wildman–Crippen MR) is 61.5 cm³/mol. The summed E-state index contributed by atoms with van der Waals surface area (Å²) in [6, 6.07) is 0. The lowest BCUT2D eigenvalue weighted by atomic mass is 10.4. The van der Waals surface area contributed by atoms with Crippen molar-refractivity contribution in [3.05, 3.63) is 11.8 Å². The standard InChI is InChI=1S/C9H13ClN2O4S/c1-3-5-12-8(17(10,14)15)7(6-11-12)9(13)16-4-2/h6H,3-5H2,1-2H3. The molecule has 1 heterocycles. The fourth-order valence-electron chi connectivity index (χ4n) is 1.35. The van der Waals surface area contributed by atoms with Crippen molar-refractivity contribution in [1.82, 2.24) is 9.78 Å². The minimum absolute atomic E-state index is 0.129. The van der Waals surface area contributed by atoms with Gasteiger partial charge in [-0.2, -0.15) is 5.10 Å². The van der Waals surface area contributed by atoms with Crippen LogP contribution in [0.15, 0.2) is 11.2 Å². The highest BCUT2D eigenvalue weighted by Gasteiger charge is 2.27. The number of hydrogen-bond donors (Lipinski definition) is 0. The quantitative estimate of drug-likeness (QED) is 0.602. The SMILES string of the molecule is CCCn1ncc(C(=O)OCC)c1S(=O)(=O)Cl. The van der Waals surface area contributed by atoms with Gasteiger partial charge in [-0.15, -0.1) is 0 Å². The first-order valence-electron chi connectivity index (χ1n) is 5.09. The molecule has 1 aromatic rings. The van der Waals surface area contributed by atoms with Crippen LogP contribution in [0.5, 0.6) is 0 Å². The molecule has 0 unspecified atom stereocenters. The van der Waals surface area contributed by atoms with Gasteiger partial charge in [-0.3, -0.25) is 4.68 Å². The molecule has 0 atom stereocenters. The van der Waals surface area contributed by atoms with Gasteiger partial charge in [0.1, 0.15) is 5.56 Å². The van der Waals surface area contributed by atoms with Gasteiger partial charge in [0.05, 0.1) is 12.8 Å². The largest absolute Gasteiger partial charge is 0.462 e. The molecule has 0 saturated carbocycles. The van der Waals surface area contributed by atoms with E-state index in [2.05, 4.69) is 5.10 Å². The summed E-state index contributed by atoms with van der Waals surface area (Å²) in [5.41, 5.74) is -0.129. The highest BCUT2D eigenvalue weighted by Crippen LogP contribution is 2.21. The Hall–Kier alpha value is -1.08. The zero-order valence-electron chi connectivity index (χ0n) is 9.51. The second-order valence-electron chi connectivity index (χ2n) is 3.24. The molecule has 1 aromatic heterocycles. The van der Waals surface area contributed by atoms with Gasteiger partial charge in [-0.25, -0.2) is 13.2 Å². The van der Waals surface area contributed by atoms with Crippen LogP contribution in [0.25, 0.3) is 0 Å². The Morgan fingerprint density at radius 3 is 2.65 bits per heavy atom. The van der Waals surface area contributed by atoms with Gasteiger partial charge in [0.25, 0.3) is 9.05 Å². The van der Waals surface area contributed by atoms with E-state index in [1.807, 2.05) is 6.92 Å². The summed E-state index contributed by atoms with van der Waals surface area (Å²) < 4.78 is 28.8. The van der Waals surface area contributed by atoms with Crippen LogP contribution in [0.3, 0.4) is 0 Å². The van der Waals surface area contributed by atoms with Crippen molar-refractivity contribution in [3.8, 4) is 0 Å². The molecule has 0 N–H and O–H groups in total. The Kier molecular flexibility index (Phi) is 4.53. The molecule has 0 bridgehead atoms. The van der Waals surface area contributed by atoms with Crippen molar-refractivity contribution in [2.24, 2.45) is 0 Å². The molecule has 0 amide bonds. The van der Waals surface area contributed by atoms with Crippen LogP contribution in [0.2, 0.25) is 0 Å². The van der Waals surface area contributed by atoms with E-state index in [9.17, 15) is 13.2 Å². The maximum atomic E-state index is 11.5. The zero-order valence-corrected chi connectivity index (χ0v) is 11.1. The van der Waals surface area contributed by atoms with Crippen molar-refractivity contribution in [1.29, 1.82) is 0 Å². The fraction of sp³-hybridized carbons (Fsp3) is 0.556. The number of aromatic nitrogens is 2. The fourth-order valence-corrected chi connectivity index (χ4v) is 2.63. The van der Waals surface area contributed by atoms with Gasteiger partial charge in [0.2, 0.25) is 0 Å². The second-order valence-corrected chi connectivity index (χ2v) is 5.73. The molecule has 0 aromatic carbocycles. The van der Waals surface area contributed by atoms with E-state index in [-0.39, 0.29) is 17.2 Å². The molecule has 0 spiro atoms. The number of hydrogen-bond acceptors (Lipinski definition) is 5. The average molecular weight is 281 g/mol. The molecule has 96 valence electrons. The van der Waals surface area contributed by atoms with E-state index < -0.39 is 15.0 Å². The van der Waals surface area contributed by atoms with Gasteiger partial charge in [-0.1, -0.05) is 6.92 Å². The van der Waals surface area contributed by atoms with Crippen LogP contribution in [0, 0.1) is 0 Å². The molecule has 0 saturated heterocycles. The molecule has 6 nitrogen and oxygen atoms in total. The van der Waals surface area contributed by atoms with E-state index in [0.717, 1.165) is 6.20 Å². The molecule has 1 rings (SSSR count). The maximum Gasteiger partial charge on any atom is 0.342 e. The summed E-state index contributed by atoms with van der Waals surface area (Å²) in [5.74, 6) is -0.742. The number of aryl methyl sites for hydroxylation is 1. The van der Waals surface area contributed by atoms with E-state index in [0.29, 0.717) is 13.0 Å². The molecular weight excluding hydrogens is 268 g/mol. The van der Waals surface area contributed by atoms with Crippen LogP contribution in [0.1, 0.15) is 30.6 Å². The van der Waals surface area contributed by atoms with Gasteiger partial charge >= 0.3 is 5.97 Å². The first-order valence-corrected chi connectivity index (χ1v) is 7.40. The van der Waals surface area contributed by atoms with E-state index in [1.165, 1.54) is 4.68 Å². The highest BCUT2D eigenvalue weighted by molar-refractivity contribution is 8.13. The van der Waals surface area contributed by atoms with Gasteiger partial charge in [0.15, 0.2) is 5.03 Å². The molecule has 0 aliphatic carbocycles. The number of halogens is 1. The van der Waals surface area contributed by atoms with Crippen molar-refractivity contribution in [2.75, 3.05) is 6.61 Å². The maximum absolute atomic E-state index is 11.5. The summed E-state index contributed by atoms with van der Waals surface area (Å²) >= 11 is 0. The second kappa shape index (κ2) is 5.50. The zero-order chi connectivity index (χ0) is 13.1. The van der Waals surface area contributed by atoms with Crippen LogP contribution in [0.4, 0.5) is 0 Å². The average Bonchev–Trinajstić information content (AvgIpc) is 2.62. The normalized spacial score (nSPS) is 11.5. The van der Waals surface area contributed by atoms with Crippen LogP contribution >= 0.6 is 10.7 Å². The third-order valence-corrected chi connectivity index (χ3v) is 3.28. The lowest BCUT2D eigenvalue weighted by molar-refractivity contribution is 0.0521. The summed E-state index contributed by atoms with van der Waals surface area (Å²) in [6.07, 6.45) is 1.83. The highest BCUT2D eigenvalue weighted by atomic mass is 35.7. The Bertz CT molecular complexity index is 509. The van der Waals surface area contributed by atoms with Crippen LogP contribution in [-0.4, -0.2) is 30.8 Å². The number of rotatable bonds is 5. The first kappa shape index (κ1) is 14.0. The topological polar surface area (TPSA) is 78.3 Å². The summed E-state index contributed by atoms with van der Waals surface area (Å²) in [7, 11) is 1.26. The molecule has 0 aliphatic rings. The number of esters is 1. The van der Waals surface area contributed by atoms with Crippen molar-refractivity contribution < 1.29 is 17.9 Å². The molecule has 0 radical (unpaired) electrons. The summed E-state index contributed by atoms with van der Waals surface area (Å²) in [4.78, 5) is 11.5.